The second kappa shape index (κ2) is 14.7. The summed E-state index contributed by atoms with van der Waals surface area (Å²) in [7, 11) is -1.76. The average molecular weight is 649 g/mol. The lowest BCUT2D eigenvalue weighted by molar-refractivity contribution is -0.385. The van der Waals surface area contributed by atoms with Crippen LogP contribution in [0.3, 0.4) is 0 Å². The van der Waals surface area contributed by atoms with E-state index in [-0.39, 0.29) is 29.8 Å². The second-order valence-electron chi connectivity index (χ2n) is 10.3. The summed E-state index contributed by atoms with van der Waals surface area (Å²) in [4.78, 5) is 39.3. The van der Waals surface area contributed by atoms with E-state index in [1.807, 2.05) is 0 Å². The van der Waals surface area contributed by atoms with E-state index in [0.717, 1.165) is 15.3 Å². The molecular weight excluding hydrogens is 615 g/mol. The zero-order chi connectivity index (χ0) is 33.4. The molecule has 0 aromatic heterocycles. The van der Waals surface area contributed by atoms with Crippen molar-refractivity contribution in [3.8, 4) is 5.75 Å². The number of carbonyl (C=O) groups excluding carboxylic acids is 2. The lowest BCUT2D eigenvalue weighted by atomic mass is 10.0. The van der Waals surface area contributed by atoms with Gasteiger partial charge in [0, 0.05) is 37.2 Å². The minimum absolute atomic E-state index is 0.0557. The highest BCUT2D eigenvalue weighted by Crippen LogP contribution is 2.30. The predicted molar refractivity (Wildman–Crippen MR) is 170 cm³/mol. The second-order valence-corrected chi connectivity index (χ2v) is 12.2. The molecular formula is C33H33FN4O7S. The summed E-state index contributed by atoms with van der Waals surface area (Å²) >= 11 is 0. The Bertz CT molecular complexity index is 1820. The van der Waals surface area contributed by atoms with Gasteiger partial charge in [-0.25, -0.2) is 12.8 Å². The van der Waals surface area contributed by atoms with Crippen molar-refractivity contribution < 1.29 is 32.1 Å². The molecule has 1 N–H and O–H groups in total. The lowest BCUT2D eigenvalue weighted by Crippen LogP contribution is -2.53. The van der Waals surface area contributed by atoms with Crippen molar-refractivity contribution in [2.24, 2.45) is 0 Å². The number of hydrogen-bond acceptors (Lipinski definition) is 7. The quantitative estimate of drug-likeness (QED) is 0.165. The Labute approximate surface area is 266 Å². The number of anilines is 1. The minimum atomic E-state index is -4.60. The largest absolute Gasteiger partial charge is 0.497 e. The molecule has 0 heterocycles. The van der Waals surface area contributed by atoms with Crippen molar-refractivity contribution in [2.45, 2.75) is 30.8 Å². The number of methoxy groups -OCH3 is 1. The zero-order valence-corrected chi connectivity index (χ0v) is 26.2. The van der Waals surface area contributed by atoms with Crippen molar-refractivity contribution in [1.82, 2.24) is 10.2 Å². The number of rotatable bonds is 13. The van der Waals surface area contributed by atoms with Crippen molar-refractivity contribution in [3.63, 3.8) is 0 Å². The molecule has 1 atom stereocenters. The minimum Gasteiger partial charge on any atom is -0.497 e. The van der Waals surface area contributed by atoms with Crippen LogP contribution in [0, 0.1) is 22.9 Å². The Hall–Kier alpha value is -5.30. The first-order chi connectivity index (χ1) is 22.0. The van der Waals surface area contributed by atoms with Crippen LogP contribution >= 0.6 is 0 Å². The Morgan fingerprint density at radius 2 is 1.63 bits per heavy atom. The standard InChI is InChI=1S/C33H33FN4O7S/c1-23-13-18-28(20-30(23)38(41)42)46(43,44)37(26-14-16-27(45-3)17-15-26)22-32(39)36(21-25-11-7-8-12-29(25)34)31(33(40)35-2)19-24-9-5-4-6-10-24/h4-18,20,31H,19,21-22H2,1-3H3,(H,35,40)/t31-/m0/s1. The van der Waals surface area contributed by atoms with Gasteiger partial charge in [0.1, 0.15) is 24.2 Å². The molecule has 0 aliphatic rings. The van der Waals surface area contributed by atoms with Gasteiger partial charge in [0.2, 0.25) is 11.8 Å². The normalized spacial score (nSPS) is 11.7. The third-order valence-electron chi connectivity index (χ3n) is 7.42. The van der Waals surface area contributed by atoms with Crippen LogP contribution in [0.15, 0.2) is 102 Å². The van der Waals surface area contributed by atoms with Crippen LogP contribution in [0.4, 0.5) is 15.8 Å². The smallest absolute Gasteiger partial charge is 0.273 e. The molecule has 0 saturated heterocycles. The maximum absolute atomic E-state index is 14.9. The van der Waals surface area contributed by atoms with Crippen LogP contribution in [-0.2, 0) is 32.6 Å². The molecule has 0 unspecified atom stereocenters. The third kappa shape index (κ3) is 7.67. The highest BCUT2D eigenvalue weighted by atomic mass is 32.2. The number of nitro groups is 1. The van der Waals surface area contributed by atoms with E-state index in [2.05, 4.69) is 5.32 Å². The van der Waals surface area contributed by atoms with Gasteiger partial charge in [-0.1, -0.05) is 54.6 Å². The van der Waals surface area contributed by atoms with Crippen molar-refractivity contribution in [1.29, 1.82) is 0 Å². The van der Waals surface area contributed by atoms with Gasteiger partial charge in [-0.05, 0) is 48.9 Å². The molecule has 0 aliphatic carbocycles. The number of nitrogens with zero attached hydrogens (tertiary/aromatic N) is 3. The van der Waals surface area contributed by atoms with Crippen LogP contribution in [0.5, 0.6) is 5.75 Å². The number of amides is 2. The summed E-state index contributed by atoms with van der Waals surface area (Å²) in [5, 5.41) is 14.2. The van der Waals surface area contributed by atoms with Gasteiger partial charge < -0.3 is 15.0 Å². The highest BCUT2D eigenvalue weighted by Gasteiger charge is 2.35. The molecule has 2 amide bonds. The number of sulfonamides is 1. The highest BCUT2D eigenvalue weighted by molar-refractivity contribution is 7.92. The first kappa shape index (κ1) is 33.6. The molecule has 0 fully saturated rings. The van der Waals surface area contributed by atoms with Gasteiger partial charge in [-0.3, -0.25) is 24.0 Å². The van der Waals surface area contributed by atoms with Gasteiger partial charge in [0.15, 0.2) is 0 Å². The number of aryl methyl sites for hydroxylation is 1. The number of halogens is 1. The van der Waals surface area contributed by atoms with Crippen molar-refractivity contribution in [3.05, 3.63) is 130 Å². The molecule has 46 heavy (non-hydrogen) atoms. The van der Waals surface area contributed by atoms with Gasteiger partial charge in [0.05, 0.1) is 22.6 Å². The summed E-state index contributed by atoms with van der Waals surface area (Å²) in [6.07, 6.45) is 0.0557. The molecule has 4 aromatic carbocycles. The van der Waals surface area contributed by atoms with Crippen molar-refractivity contribution in [2.75, 3.05) is 25.0 Å². The van der Waals surface area contributed by atoms with E-state index < -0.39 is 55.7 Å². The topological polar surface area (TPSA) is 139 Å². The van der Waals surface area contributed by atoms with E-state index in [1.54, 1.807) is 36.4 Å². The number of hydrogen-bond donors (Lipinski definition) is 1. The SMILES string of the molecule is CNC(=O)[C@H](Cc1ccccc1)N(Cc1ccccc1F)C(=O)CN(c1ccc(OC)cc1)S(=O)(=O)c1ccc(C)c([N+](=O)[O-])c1. The molecule has 240 valence electrons. The number of likely N-dealkylation sites (N-methyl/N-ethyl adjacent to an activating group) is 1. The summed E-state index contributed by atoms with van der Waals surface area (Å²) < 4.78 is 49.2. The van der Waals surface area contributed by atoms with Crippen LogP contribution in [0.2, 0.25) is 0 Å². The predicted octanol–water partition coefficient (Wildman–Crippen LogP) is 4.63. The zero-order valence-electron chi connectivity index (χ0n) is 25.4. The average Bonchev–Trinajstić information content (AvgIpc) is 3.06. The molecule has 4 aromatic rings. The fraction of sp³-hybridized carbons (Fsp3) is 0.212. The van der Waals surface area contributed by atoms with E-state index in [9.17, 15) is 32.5 Å². The van der Waals surface area contributed by atoms with E-state index in [4.69, 9.17) is 4.74 Å². The number of carbonyl (C=O) groups is 2. The number of nitro benzene ring substituents is 1. The Morgan fingerprint density at radius 3 is 2.24 bits per heavy atom. The van der Waals surface area contributed by atoms with E-state index in [1.165, 1.54) is 75.7 Å². The summed E-state index contributed by atoms with van der Waals surface area (Å²) in [6, 6.07) is 22.8. The number of nitrogens with one attached hydrogen (secondary N) is 1. The van der Waals surface area contributed by atoms with Crippen molar-refractivity contribution >= 4 is 33.2 Å². The van der Waals surface area contributed by atoms with E-state index in [0.29, 0.717) is 11.3 Å². The fourth-order valence-electron chi connectivity index (χ4n) is 4.88. The third-order valence-corrected chi connectivity index (χ3v) is 9.19. The first-order valence-corrected chi connectivity index (χ1v) is 15.6. The summed E-state index contributed by atoms with van der Waals surface area (Å²) in [5.41, 5.74) is 0.731. The number of ether oxygens (including phenoxy) is 1. The number of benzene rings is 4. The Morgan fingerprint density at radius 1 is 0.978 bits per heavy atom. The van der Waals surface area contributed by atoms with Crippen LogP contribution in [-0.4, -0.2) is 56.8 Å². The van der Waals surface area contributed by atoms with E-state index >= 15 is 0 Å². The molecule has 0 saturated carbocycles. The molecule has 0 radical (unpaired) electrons. The molecule has 13 heteroatoms. The van der Waals surface area contributed by atoms with Gasteiger partial charge in [-0.2, -0.15) is 0 Å². The Kier molecular flexibility index (Phi) is 10.7. The summed E-state index contributed by atoms with van der Waals surface area (Å²) in [6.45, 7) is 0.321. The van der Waals surface area contributed by atoms with Crippen LogP contribution < -0.4 is 14.4 Å². The van der Waals surface area contributed by atoms with Gasteiger partial charge in [0.25, 0.3) is 15.7 Å². The molecule has 0 spiro atoms. The lowest BCUT2D eigenvalue weighted by Gasteiger charge is -2.33. The Balaban J connectivity index is 1.83. The molecule has 0 bridgehead atoms. The van der Waals surface area contributed by atoms with Gasteiger partial charge >= 0.3 is 0 Å². The monoisotopic (exact) mass is 648 g/mol. The van der Waals surface area contributed by atoms with Crippen LogP contribution in [0.1, 0.15) is 16.7 Å². The maximum atomic E-state index is 14.9. The summed E-state index contributed by atoms with van der Waals surface area (Å²) in [5.74, 6) is -1.54. The van der Waals surface area contributed by atoms with Crippen LogP contribution in [0.25, 0.3) is 0 Å². The molecule has 11 nitrogen and oxygen atoms in total. The van der Waals surface area contributed by atoms with Gasteiger partial charge in [-0.15, -0.1) is 0 Å². The first-order valence-electron chi connectivity index (χ1n) is 14.2. The molecule has 0 aliphatic heterocycles. The maximum Gasteiger partial charge on any atom is 0.273 e. The fourth-order valence-corrected chi connectivity index (χ4v) is 6.32. The molecule has 4 rings (SSSR count).